The number of ether oxygens (including phenoxy) is 1. The Morgan fingerprint density at radius 2 is 2.26 bits per heavy atom. The molecule has 1 aromatic carbocycles. The van der Waals surface area contributed by atoms with E-state index in [2.05, 4.69) is 48.7 Å². The average molecular weight is 260 g/mol. The second kappa shape index (κ2) is 5.23. The molecule has 0 amide bonds. The maximum absolute atomic E-state index is 5.69. The van der Waals surface area contributed by atoms with Crippen LogP contribution in [0.1, 0.15) is 37.4 Å². The summed E-state index contributed by atoms with van der Waals surface area (Å²) in [5.74, 6) is 0. The molecule has 1 fully saturated rings. The van der Waals surface area contributed by atoms with E-state index in [0.717, 1.165) is 32.5 Å². The summed E-state index contributed by atoms with van der Waals surface area (Å²) in [4.78, 5) is 0. The van der Waals surface area contributed by atoms with Crippen LogP contribution < -0.4 is 10.6 Å². The van der Waals surface area contributed by atoms with Gasteiger partial charge in [0.2, 0.25) is 0 Å². The predicted molar refractivity (Wildman–Crippen MR) is 77.3 cm³/mol. The Hall–Kier alpha value is -0.900. The molecule has 0 spiro atoms. The Kier molecular flexibility index (Phi) is 3.61. The smallest absolute Gasteiger partial charge is 0.0726 e. The van der Waals surface area contributed by atoms with E-state index in [1.165, 1.54) is 11.1 Å². The summed E-state index contributed by atoms with van der Waals surface area (Å²) in [6.07, 6.45) is 2.54. The van der Waals surface area contributed by atoms with Crippen molar-refractivity contribution in [2.75, 3.05) is 19.7 Å². The lowest BCUT2D eigenvalue weighted by atomic mass is 9.91. The van der Waals surface area contributed by atoms with Crippen LogP contribution in [0.15, 0.2) is 24.3 Å². The van der Waals surface area contributed by atoms with Crippen molar-refractivity contribution in [2.45, 2.75) is 44.4 Å². The molecule has 2 N–H and O–H groups in total. The second-order valence-corrected chi connectivity index (χ2v) is 6.02. The first-order chi connectivity index (χ1) is 9.19. The van der Waals surface area contributed by atoms with Crippen LogP contribution in [0.3, 0.4) is 0 Å². The lowest BCUT2D eigenvalue weighted by Crippen LogP contribution is -2.51. The lowest BCUT2D eigenvalue weighted by Gasteiger charge is -2.34. The van der Waals surface area contributed by atoms with Crippen molar-refractivity contribution in [1.82, 2.24) is 10.6 Å². The van der Waals surface area contributed by atoms with Gasteiger partial charge in [0.1, 0.15) is 0 Å². The van der Waals surface area contributed by atoms with Crippen molar-refractivity contribution in [1.29, 1.82) is 0 Å². The Morgan fingerprint density at radius 1 is 1.42 bits per heavy atom. The minimum Gasteiger partial charge on any atom is -0.377 e. The summed E-state index contributed by atoms with van der Waals surface area (Å²) in [5, 5.41) is 7.36. The molecule has 2 aliphatic rings. The highest BCUT2D eigenvalue weighted by Gasteiger charge is 2.37. The van der Waals surface area contributed by atoms with E-state index in [1.807, 2.05) is 0 Å². The molecule has 2 aliphatic heterocycles. The van der Waals surface area contributed by atoms with E-state index in [-0.39, 0.29) is 5.54 Å². The molecule has 3 nitrogen and oxygen atoms in total. The second-order valence-electron chi connectivity index (χ2n) is 6.02. The maximum Gasteiger partial charge on any atom is 0.0726 e. The lowest BCUT2D eigenvalue weighted by molar-refractivity contribution is 0.0877. The summed E-state index contributed by atoms with van der Waals surface area (Å²) < 4.78 is 5.69. The molecule has 3 heteroatoms. The minimum atomic E-state index is 0.119. The number of hydrogen-bond donors (Lipinski definition) is 2. The summed E-state index contributed by atoms with van der Waals surface area (Å²) in [7, 11) is 0. The van der Waals surface area contributed by atoms with Gasteiger partial charge in [-0.3, -0.25) is 0 Å². The van der Waals surface area contributed by atoms with Crippen LogP contribution in [0.4, 0.5) is 0 Å². The highest BCUT2D eigenvalue weighted by atomic mass is 16.5. The van der Waals surface area contributed by atoms with Crippen molar-refractivity contribution in [2.24, 2.45) is 0 Å². The molecule has 1 aromatic rings. The summed E-state index contributed by atoms with van der Waals surface area (Å²) >= 11 is 0. The molecule has 0 aromatic heterocycles. The fourth-order valence-electron chi connectivity index (χ4n) is 3.18. The third-order valence-corrected chi connectivity index (χ3v) is 4.81. The zero-order valence-electron chi connectivity index (χ0n) is 11.9. The van der Waals surface area contributed by atoms with Crippen LogP contribution in [-0.4, -0.2) is 31.3 Å². The number of benzene rings is 1. The molecule has 3 unspecified atom stereocenters. The largest absolute Gasteiger partial charge is 0.377 e. The minimum absolute atomic E-state index is 0.119. The van der Waals surface area contributed by atoms with Crippen LogP contribution in [0.2, 0.25) is 0 Å². The molecular formula is C16H24N2O. The van der Waals surface area contributed by atoms with Crippen LogP contribution in [0, 0.1) is 0 Å². The van der Waals surface area contributed by atoms with Gasteiger partial charge < -0.3 is 15.4 Å². The summed E-state index contributed by atoms with van der Waals surface area (Å²) in [6, 6.07) is 9.22. The van der Waals surface area contributed by atoms with Gasteiger partial charge in [-0.1, -0.05) is 24.3 Å². The van der Waals surface area contributed by atoms with E-state index in [9.17, 15) is 0 Å². The fourth-order valence-corrected chi connectivity index (χ4v) is 3.18. The summed E-state index contributed by atoms with van der Waals surface area (Å²) in [5.41, 5.74) is 3.07. The van der Waals surface area contributed by atoms with Gasteiger partial charge in [0.05, 0.1) is 6.10 Å². The molecule has 0 radical (unpaired) electrons. The van der Waals surface area contributed by atoms with Gasteiger partial charge in [0.25, 0.3) is 0 Å². The van der Waals surface area contributed by atoms with E-state index >= 15 is 0 Å². The zero-order valence-corrected chi connectivity index (χ0v) is 11.9. The van der Waals surface area contributed by atoms with Gasteiger partial charge in [-0.05, 0) is 44.4 Å². The quantitative estimate of drug-likeness (QED) is 0.872. The molecule has 19 heavy (non-hydrogen) atoms. The normalized spacial score (nSPS) is 34.2. The first-order valence-electron chi connectivity index (χ1n) is 7.37. The first kappa shape index (κ1) is 13.1. The molecule has 0 aliphatic carbocycles. The molecule has 104 valence electrons. The van der Waals surface area contributed by atoms with Gasteiger partial charge in [0.15, 0.2) is 0 Å². The molecule has 0 saturated carbocycles. The molecule has 2 heterocycles. The summed E-state index contributed by atoms with van der Waals surface area (Å²) in [6.45, 7) is 7.37. The van der Waals surface area contributed by atoms with E-state index < -0.39 is 0 Å². The predicted octanol–water partition coefficient (Wildman–Crippen LogP) is 2.03. The Labute approximate surface area is 115 Å². The van der Waals surface area contributed by atoms with Crippen LogP contribution >= 0.6 is 0 Å². The van der Waals surface area contributed by atoms with Crippen molar-refractivity contribution in [3.63, 3.8) is 0 Å². The van der Waals surface area contributed by atoms with Crippen molar-refractivity contribution >= 4 is 0 Å². The van der Waals surface area contributed by atoms with Crippen LogP contribution in [0.5, 0.6) is 0 Å². The standard InChI is InChI=1S/C16H24N2O/c1-12-16(2,8-10-19-12)18-11-15-14-6-4-3-5-13(14)7-9-17-15/h3-6,12,15,17-18H,7-11H2,1-2H3. The molecule has 1 saturated heterocycles. The number of hydrogen-bond acceptors (Lipinski definition) is 3. The Bertz CT molecular complexity index is 448. The van der Waals surface area contributed by atoms with E-state index in [0.29, 0.717) is 12.1 Å². The molecular weight excluding hydrogens is 236 g/mol. The maximum atomic E-state index is 5.69. The van der Waals surface area contributed by atoms with Gasteiger partial charge in [-0.25, -0.2) is 0 Å². The first-order valence-corrected chi connectivity index (χ1v) is 7.37. The fraction of sp³-hybridized carbons (Fsp3) is 0.625. The van der Waals surface area contributed by atoms with Crippen molar-refractivity contribution in [3.8, 4) is 0 Å². The number of fused-ring (bicyclic) bond motifs is 1. The Balaban J connectivity index is 1.68. The SMILES string of the molecule is CC1OCCC1(C)NCC1NCCc2ccccc21. The number of rotatable bonds is 3. The topological polar surface area (TPSA) is 33.3 Å². The van der Waals surface area contributed by atoms with Gasteiger partial charge >= 0.3 is 0 Å². The van der Waals surface area contributed by atoms with Crippen molar-refractivity contribution < 1.29 is 4.74 Å². The highest BCUT2D eigenvalue weighted by Crippen LogP contribution is 2.27. The monoisotopic (exact) mass is 260 g/mol. The number of nitrogens with one attached hydrogen (secondary N) is 2. The average Bonchev–Trinajstić information content (AvgIpc) is 2.77. The van der Waals surface area contributed by atoms with E-state index in [1.54, 1.807) is 0 Å². The van der Waals surface area contributed by atoms with Crippen molar-refractivity contribution in [3.05, 3.63) is 35.4 Å². The third-order valence-electron chi connectivity index (χ3n) is 4.81. The molecule has 3 rings (SSSR count). The van der Waals surface area contributed by atoms with Crippen LogP contribution in [-0.2, 0) is 11.2 Å². The van der Waals surface area contributed by atoms with Crippen LogP contribution in [0.25, 0.3) is 0 Å². The molecule has 3 atom stereocenters. The zero-order chi connectivity index (χ0) is 13.3. The highest BCUT2D eigenvalue weighted by molar-refractivity contribution is 5.32. The van der Waals surface area contributed by atoms with E-state index in [4.69, 9.17) is 4.74 Å². The molecule has 0 bridgehead atoms. The third kappa shape index (κ3) is 2.55. The van der Waals surface area contributed by atoms with Gasteiger partial charge in [-0.2, -0.15) is 0 Å². The Morgan fingerprint density at radius 3 is 3.05 bits per heavy atom. The van der Waals surface area contributed by atoms with Gasteiger partial charge in [-0.15, -0.1) is 0 Å². The van der Waals surface area contributed by atoms with Gasteiger partial charge in [0, 0.05) is 24.7 Å².